The van der Waals surface area contributed by atoms with Gasteiger partial charge in [-0.05, 0) is 13.0 Å². The van der Waals surface area contributed by atoms with E-state index in [4.69, 9.17) is 0 Å². The number of nitrogens with one attached hydrogen (secondary N) is 2. The van der Waals surface area contributed by atoms with Crippen LogP contribution in [-0.2, 0) is 4.79 Å². The van der Waals surface area contributed by atoms with E-state index in [0.717, 1.165) is 0 Å². The summed E-state index contributed by atoms with van der Waals surface area (Å²) < 4.78 is 0. The zero-order chi connectivity index (χ0) is 12.8. The number of nitro benzene ring substituents is 1. The van der Waals surface area contributed by atoms with Crippen molar-refractivity contribution in [3.8, 4) is 0 Å². The molecular weight excluding hydrogens is 222 g/mol. The number of benzene rings is 1. The zero-order valence-electron chi connectivity index (χ0n) is 9.82. The summed E-state index contributed by atoms with van der Waals surface area (Å²) in [4.78, 5) is 21.5. The van der Waals surface area contributed by atoms with Crippen molar-refractivity contribution in [3.63, 3.8) is 0 Å². The molecule has 17 heavy (non-hydrogen) atoms. The van der Waals surface area contributed by atoms with Gasteiger partial charge in [-0.3, -0.25) is 14.9 Å². The summed E-state index contributed by atoms with van der Waals surface area (Å²) in [5.41, 5.74) is 1.07. The van der Waals surface area contributed by atoms with Crippen LogP contribution in [0, 0.1) is 10.1 Å². The molecule has 0 saturated heterocycles. The van der Waals surface area contributed by atoms with Crippen molar-refractivity contribution in [1.29, 1.82) is 0 Å². The highest BCUT2D eigenvalue weighted by molar-refractivity contribution is 5.94. The first-order valence-electron chi connectivity index (χ1n) is 5.40. The standard InChI is InChI=1S/C11H15N3O3/c1-3-11(15)13-10-7-8(14(16)17)5-6-9(10)12-4-2/h5-7,12H,3-4H2,1-2H3,(H,13,15). The van der Waals surface area contributed by atoms with Gasteiger partial charge in [0.25, 0.3) is 5.69 Å². The van der Waals surface area contributed by atoms with Gasteiger partial charge < -0.3 is 10.6 Å². The number of nitrogens with zero attached hydrogens (tertiary/aromatic N) is 1. The molecule has 0 heterocycles. The molecule has 1 aromatic carbocycles. The van der Waals surface area contributed by atoms with Gasteiger partial charge >= 0.3 is 0 Å². The fourth-order valence-electron chi connectivity index (χ4n) is 1.33. The largest absolute Gasteiger partial charge is 0.384 e. The Morgan fingerprint density at radius 2 is 2.06 bits per heavy atom. The van der Waals surface area contributed by atoms with Gasteiger partial charge in [0, 0.05) is 25.1 Å². The van der Waals surface area contributed by atoms with Crippen LogP contribution in [0.3, 0.4) is 0 Å². The Labute approximate surface area is 99.2 Å². The Morgan fingerprint density at radius 3 is 2.59 bits per heavy atom. The minimum atomic E-state index is -0.489. The Balaban J connectivity index is 3.06. The molecule has 0 spiro atoms. The topological polar surface area (TPSA) is 84.3 Å². The molecule has 1 amide bonds. The molecule has 92 valence electrons. The molecule has 6 nitrogen and oxygen atoms in total. The molecule has 0 aliphatic heterocycles. The van der Waals surface area contributed by atoms with Gasteiger partial charge in [-0.1, -0.05) is 6.92 Å². The highest BCUT2D eigenvalue weighted by Gasteiger charge is 2.11. The average Bonchev–Trinajstić information content (AvgIpc) is 2.31. The monoisotopic (exact) mass is 237 g/mol. The normalized spacial score (nSPS) is 9.76. The summed E-state index contributed by atoms with van der Waals surface area (Å²) in [5, 5.41) is 16.3. The Morgan fingerprint density at radius 1 is 1.35 bits per heavy atom. The van der Waals surface area contributed by atoms with Crippen LogP contribution in [0.15, 0.2) is 18.2 Å². The second-order valence-corrected chi connectivity index (χ2v) is 3.42. The molecule has 0 bridgehead atoms. The first-order valence-corrected chi connectivity index (χ1v) is 5.40. The van der Waals surface area contributed by atoms with E-state index in [1.165, 1.54) is 12.1 Å². The van der Waals surface area contributed by atoms with Gasteiger partial charge in [0.1, 0.15) is 0 Å². The number of non-ortho nitro benzene ring substituents is 1. The number of amides is 1. The highest BCUT2D eigenvalue weighted by atomic mass is 16.6. The molecule has 0 unspecified atom stereocenters. The van der Waals surface area contributed by atoms with Crippen LogP contribution in [0.1, 0.15) is 20.3 Å². The third-order valence-corrected chi connectivity index (χ3v) is 2.18. The maximum Gasteiger partial charge on any atom is 0.271 e. The fraction of sp³-hybridized carbons (Fsp3) is 0.364. The van der Waals surface area contributed by atoms with Crippen LogP contribution in [0.2, 0.25) is 0 Å². The number of hydrogen-bond acceptors (Lipinski definition) is 4. The lowest BCUT2D eigenvalue weighted by Gasteiger charge is -2.11. The second kappa shape index (κ2) is 5.83. The molecule has 0 aliphatic carbocycles. The van der Waals surface area contributed by atoms with Crippen molar-refractivity contribution in [2.24, 2.45) is 0 Å². The van der Waals surface area contributed by atoms with Gasteiger partial charge in [0.15, 0.2) is 0 Å². The Bertz CT molecular complexity index is 432. The van der Waals surface area contributed by atoms with E-state index in [9.17, 15) is 14.9 Å². The van der Waals surface area contributed by atoms with E-state index < -0.39 is 4.92 Å². The first-order chi connectivity index (χ1) is 8.08. The van der Waals surface area contributed by atoms with Crippen LogP contribution in [0.25, 0.3) is 0 Å². The predicted octanol–water partition coefficient (Wildman–Crippen LogP) is 2.38. The summed E-state index contributed by atoms with van der Waals surface area (Å²) in [5.74, 6) is -0.176. The van der Waals surface area contributed by atoms with Crippen molar-refractivity contribution in [2.75, 3.05) is 17.2 Å². The number of carbonyl (C=O) groups is 1. The number of anilines is 2. The van der Waals surface area contributed by atoms with Gasteiger partial charge in [-0.25, -0.2) is 0 Å². The number of rotatable bonds is 5. The van der Waals surface area contributed by atoms with Gasteiger partial charge in [-0.2, -0.15) is 0 Å². The number of nitro groups is 1. The third-order valence-electron chi connectivity index (χ3n) is 2.18. The molecule has 1 rings (SSSR count). The third kappa shape index (κ3) is 3.44. The molecule has 0 atom stereocenters. The van der Waals surface area contributed by atoms with E-state index in [2.05, 4.69) is 10.6 Å². The fourth-order valence-corrected chi connectivity index (χ4v) is 1.33. The van der Waals surface area contributed by atoms with E-state index in [-0.39, 0.29) is 11.6 Å². The van der Waals surface area contributed by atoms with Crippen molar-refractivity contribution < 1.29 is 9.72 Å². The van der Waals surface area contributed by atoms with Crippen LogP contribution in [-0.4, -0.2) is 17.4 Å². The lowest BCUT2D eigenvalue weighted by atomic mass is 10.2. The van der Waals surface area contributed by atoms with Crippen LogP contribution in [0.5, 0.6) is 0 Å². The summed E-state index contributed by atoms with van der Waals surface area (Å²) in [6, 6.07) is 4.35. The molecule has 0 aromatic heterocycles. The van der Waals surface area contributed by atoms with Gasteiger partial charge in [0.05, 0.1) is 16.3 Å². The van der Waals surface area contributed by atoms with Gasteiger partial charge in [0.2, 0.25) is 5.91 Å². The molecule has 0 aliphatic rings. The van der Waals surface area contributed by atoms with Crippen LogP contribution >= 0.6 is 0 Å². The number of hydrogen-bond donors (Lipinski definition) is 2. The zero-order valence-corrected chi connectivity index (χ0v) is 9.82. The average molecular weight is 237 g/mol. The van der Waals surface area contributed by atoms with Crippen molar-refractivity contribution in [3.05, 3.63) is 28.3 Å². The number of carbonyl (C=O) groups excluding carboxylic acids is 1. The second-order valence-electron chi connectivity index (χ2n) is 3.42. The van der Waals surface area contributed by atoms with Crippen molar-refractivity contribution >= 4 is 23.0 Å². The first kappa shape index (κ1) is 13.0. The Hall–Kier alpha value is -2.11. The molecule has 0 saturated carbocycles. The SMILES string of the molecule is CCNc1ccc([N+](=O)[O-])cc1NC(=O)CC. The highest BCUT2D eigenvalue weighted by Crippen LogP contribution is 2.27. The molecule has 2 N–H and O–H groups in total. The molecule has 6 heteroatoms. The van der Waals surface area contributed by atoms with Crippen molar-refractivity contribution in [1.82, 2.24) is 0 Å². The van der Waals surface area contributed by atoms with Crippen LogP contribution < -0.4 is 10.6 Å². The minimum absolute atomic E-state index is 0.0435. The quantitative estimate of drug-likeness (QED) is 0.608. The van der Waals surface area contributed by atoms with E-state index >= 15 is 0 Å². The lowest BCUT2D eigenvalue weighted by molar-refractivity contribution is -0.384. The van der Waals surface area contributed by atoms with E-state index in [0.29, 0.717) is 24.3 Å². The summed E-state index contributed by atoms with van der Waals surface area (Å²) in [6.45, 7) is 4.30. The maximum atomic E-state index is 11.3. The summed E-state index contributed by atoms with van der Waals surface area (Å²) >= 11 is 0. The minimum Gasteiger partial charge on any atom is -0.384 e. The molecule has 0 radical (unpaired) electrons. The molecule has 1 aromatic rings. The molecular formula is C11H15N3O3. The maximum absolute atomic E-state index is 11.3. The van der Waals surface area contributed by atoms with E-state index in [1.54, 1.807) is 13.0 Å². The summed E-state index contributed by atoms with van der Waals surface area (Å²) in [7, 11) is 0. The van der Waals surface area contributed by atoms with Gasteiger partial charge in [-0.15, -0.1) is 0 Å². The lowest BCUT2D eigenvalue weighted by Crippen LogP contribution is -2.12. The summed E-state index contributed by atoms with van der Waals surface area (Å²) in [6.07, 6.45) is 0.328. The smallest absolute Gasteiger partial charge is 0.271 e. The van der Waals surface area contributed by atoms with Crippen molar-refractivity contribution in [2.45, 2.75) is 20.3 Å². The Kier molecular flexibility index (Phi) is 4.45. The van der Waals surface area contributed by atoms with Crippen LogP contribution in [0.4, 0.5) is 17.1 Å². The molecule has 0 fully saturated rings. The van der Waals surface area contributed by atoms with E-state index in [1.807, 2.05) is 6.92 Å². The predicted molar refractivity (Wildman–Crippen MR) is 66.2 cm³/mol.